The molecule has 0 saturated heterocycles. The molecule has 0 radical (unpaired) electrons. The van der Waals surface area contributed by atoms with E-state index in [2.05, 4.69) is 5.10 Å². The molecule has 0 bridgehead atoms. The highest BCUT2D eigenvalue weighted by atomic mass is 32.2. The Labute approximate surface area is 80.9 Å². The molecule has 4 nitrogen and oxygen atoms in total. The first kappa shape index (κ1) is 10.1. The largest absolute Gasteiger partial charge is 0.477 e. The lowest BCUT2D eigenvalue weighted by Crippen LogP contribution is -2.04. The summed E-state index contributed by atoms with van der Waals surface area (Å²) in [5.74, 6) is 0.0428. The number of aromatic carboxylic acids is 1. The summed E-state index contributed by atoms with van der Waals surface area (Å²) in [7, 11) is 1.64. The van der Waals surface area contributed by atoms with Crippen LogP contribution in [0.3, 0.4) is 0 Å². The summed E-state index contributed by atoms with van der Waals surface area (Å²) in [5, 5.41) is 12.8. The van der Waals surface area contributed by atoms with Crippen molar-refractivity contribution < 1.29 is 9.90 Å². The van der Waals surface area contributed by atoms with Gasteiger partial charge in [0.05, 0.1) is 5.69 Å². The molecule has 0 atom stereocenters. The fourth-order valence-corrected chi connectivity index (χ4v) is 1.47. The minimum Gasteiger partial charge on any atom is -0.477 e. The van der Waals surface area contributed by atoms with Crippen molar-refractivity contribution in [3.63, 3.8) is 0 Å². The molecule has 72 valence electrons. The molecule has 0 fully saturated rings. The van der Waals surface area contributed by atoms with Crippen LogP contribution < -0.4 is 0 Å². The third kappa shape index (κ3) is 2.48. The van der Waals surface area contributed by atoms with Crippen molar-refractivity contribution in [2.75, 3.05) is 12.0 Å². The molecule has 5 heteroatoms. The van der Waals surface area contributed by atoms with Gasteiger partial charge < -0.3 is 5.11 Å². The predicted octanol–water partition coefficient (Wildman–Crippen LogP) is 1.02. The minimum atomic E-state index is -0.926. The monoisotopic (exact) mass is 200 g/mol. The Kier molecular flexibility index (Phi) is 3.36. The molecular formula is C8H12N2O2S. The molecule has 0 saturated carbocycles. The van der Waals surface area contributed by atoms with Crippen molar-refractivity contribution >= 4 is 17.7 Å². The Morgan fingerprint density at radius 3 is 2.92 bits per heavy atom. The van der Waals surface area contributed by atoms with Crippen LogP contribution in [0.4, 0.5) is 0 Å². The number of hydrogen-bond donors (Lipinski definition) is 1. The molecule has 0 aromatic carbocycles. The van der Waals surface area contributed by atoms with Gasteiger partial charge in [0.15, 0.2) is 0 Å². The highest BCUT2D eigenvalue weighted by Crippen LogP contribution is 2.06. The molecular weight excluding hydrogens is 188 g/mol. The van der Waals surface area contributed by atoms with Crippen molar-refractivity contribution in [2.24, 2.45) is 7.05 Å². The van der Waals surface area contributed by atoms with Crippen molar-refractivity contribution in [3.05, 3.63) is 17.5 Å². The average Bonchev–Trinajstić information content (AvgIpc) is 2.43. The fraction of sp³-hybridized carbons (Fsp3) is 0.500. The van der Waals surface area contributed by atoms with Gasteiger partial charge in [-0.25, -0.2) is 4.79 Å². The molecule has 0 unspecified atom stereocenters. The van der Waals surface area contributed by atoms with Gasteiger partial charge in [0, 0.05) is 13.5 Å². The first-order valence-corrected chi connectivity index (χ1v) is 5.29. The number of carbonyl (C=O) groups is 1. The van der Waals surface area contributed by atoms with Crippen LogP contribution in [0.15, 0.2) is 6.07 Å². The van der Waals surface area contributed by atoms with Gasteiger partial charge in [0.25, 0.3) is 0 Å². The van der Waals surface area contributed by atoms with Crippen molar-refractivity contribution in [1.29, 1.82) is 0 Å². The van der Waals surface area contributed by atoms with E-state index < -0.39 is 5.97 Å². The standard InChI is InChI=1S/C8H12N2O2S/c1-10-7(8(11)12)5-6(9-10)3-4-13-2/h5H,3-4H2,1-2H3,(H,11,12). The maximum absolute atomic E-state index is 10.6. The summed E-state index contributed by atoms with van der Waals surface area (Å²) in [6.07, 6.45) is 2.84. The van der Waals surface area contributed by atoms with Crippen LogP contribution >= 0.6 is 11.8 Å². The molecule has 1 heterocycles. The second-order valence-corrected chi connectivity index (χ2v) is 3.68. The Morgan fingerprint density at radius 2 is 2.46 bits per heavy atom. The van der Waals surface area contributed by atoms with E-state index >= 15 is 0 Å². The van der Waals surface area contributed by atoms with Crippen LogP contribution in [0, 0.1) is 0 Å². The number of aryl methyl sites for hydroxylation is 2. The van der Waals surface area contributed by atoms with Crippen molar-refractivity contribution in [1.82, 2.24) is 9.78 Å². The average molecular weight is 200 g/mol. The van der Waals surface area contributed by atoms with E-state index in [0.717, 1.165) is 17.9 Å². The summed E-state index contributed by atoms with van der Waals surface area (Å²) in [6.45, 7) is 0. The van der Waals surface area contributed by atoms with Gasteiger partial charge in [0.2, 0.25) is 0 Å². The van der Waals surface area contributed by atoms with Gasteiger partial charge in [-0.1, -0.05) is 0 Å². The van der Waals surface area contributed by atoms with Crippen LogP contribution in [0.1, 0.15) is 16.2 Å². The second-order valence-electron chi connectivity index (χ2n) is 2.69. The van der Waals surface area contributed by atoms with Crippen LogP contribution in [-0.2, 0) is 13.5 Å². The van der Waals surface area contributed by atoms with Gasteiger partial charge in [-0.2, -0.15) is 16.9 Å². The molecule has 0 spiro atoms. The normalized spacial score (nSPS) is 10.3. The third-order valence-electron chi connectivity index (χ3n) is 1.71. The number of thioether (sulfide) groups is 1. The molecule has 13 heavy (non-hydrogen) atoms. The number of rotatable bonds is 4. The Balaban J connectivity index is 2.76. The third-order valence-corrected chi connectivity index (χ3v) is 2.32. The molecule has 1 N–H and O–H groups in total. The van der Waals surface area contributed by atoms with Crippen LogP contribution in [-0.4, -0.2) is 32.9 Å². The lowest BCUT2D eigenvalue weighted by Gasteiger charge is -1.92. The van der Waals surface area contributed by atoms with E-state index in [1.54, 1.807) is 24.9 Å². The Hall–Kier alpha value is -0.970. The number of nitrogens with zero attached hydrogens (tertiary/aromatic N) is 2. The zero-order chi connectivity index (χ0) is 9.84. The van der Waals surface area contributed by atoms with Gasteiger partial charge in [-0.15, -0.1) is 0 Å². The molecule has 0 aliphatic rings. The summed E-state index contributed by atoms with van der Waals surface area (Å²) in [4.78, 5) is 10.6. The smallest absolute Gasteiger partial charge is 0.354 e. The minimum absolute atomic E-state index is 0.246. The first-order valence-electron chi connectivity index (χ1n) is 3.90. The van der Waals surface area contributed by atoms with Gasteiger partial charge in [0.1, 0.15) is 5.69 Å². The summed E-state index contributed by atoms with van der Waals surface area (Å²) >= 11 is 1.72. The van der Waals surface area contributed by atoms with Crippen molar-refractivity contribution in [2.45, 2.75) is 6.42 Å². The lowest BCUT2D eigenvalue weighted by atomic mass is 10.3. The molecule has 1 aromatic rings. The zero-order valence-corrected chi connectivity index (χ0v) is 8.47. The van der Waals surface area contributed by atoms with E-state index in [0.29, 0.717) is 0 Å². The fourth-order valence-electron chi connectivity index (χ4n) is 1.06. The second kappa shape index (κ2) is 4.32. The molecule has 0 aliphatic heterocycles. The summed E-state index contributed by atoms with van der Waals surface area (Å²) < 4.78 is 1.40. The number of hydrogen-bond acceptors (Lipinski definition) is 3. The number of aromatic nitrogens is 2. The summed E-state index contributed by atoms with van der Waals surface area (Å²) in [5.41, 5.74) is 1.09. The zero-order valence-electron chi connectivity index (χ0n) is 7.65. The van der Waals surface area contributed by atoms with Crippen LogP contribution in [0.5, 0.6) is 0 Å². The molecule has 0 aliphatic carbocycles. The topological polar surface area (TPSA) is 55.1 Å². The van der Waals surface area contributed by atoms with Gasteiger partial charge >= 0.3 is 5.97 Å². The van der Waals surface area contributed by atoms with Crippen molar-refractivity contribution in [3.8, 4) is 0 Å². The Morgan fingerprint density at radius 1 is 1.77 bits per heavy atom. The molecule has 1 rings (SSSR count). The SMILES string of the molecule is CSCCc1cc(C(=O)O)n(C)n1. The number of carboxylic acid groups (broad SMARTS) is 1. The predicted molar refractivity (Wildman–Crippen MR) is 52.3 cm³/mol. The van der Waals surface area contributed by atoms with Gasteiger partial charge in [-0.3, -0.25) is 4.68 Å². The van der Waals surface area contributed by atoms with E-state index in [1.165, 1.54) is 4.68 Å². The summed E-state index contributed by atoms with van der Waals surface area (Å²) in [6, 6.07) is 1.62. The highest BCUT2D eigenvalue weighted by molar-refractivity contribution is 7.98. The molecule has 0 amide bonds. The van der Waals surface area contributed by atoms with E-state index in [-0.39, 0.29) is 5.69 Å². The highest BCUT2D eigenvalue weighted by Gasteiger charge is 2.10. The quantitative estimate of drug-likeness (QED) is 0.788. The number of carboxylic acids is 1. The Bertz CT molecular complexity index is 309. The maximum Gasteiger partial charge on any atom is 0.354 e. The van der Waals surface area contributed by atoms with Crippen LogP contribution in [0.2, 0.25) is 0 Å². The first-order chi connectivity index (χ1) is 6.15. The van der Waals surface area contributed by atoms with E-state index in [9.17, 15) is 4.79 Å². The van der Waals surface area contributed by atoms with Crippen LogP contribution in [0.25, 0.3) is 0 Å². The van der Waals surface area contributed by atoms with E-state index in [4.69, 9.17) is 5.11 Å². The maximum atomic E-state index is 10.6. The molecule has 1 aromatic heterocycles. The van der Waals surface area contributed by atoms with Gasteiger partial charge in [-0.05, 0) is 18.1 Å². The van der Waals surface area contributed by atoms with E-state index in [1.807, 2.05) is 6.26 Å². The lowest BCUT2D eigenvalue weighted by molar-refractivity contribution is 0.0685.